The van der Waals surface area contributed by atoms with Crippen molar-refractivity contribution in [3.63, 3.8) is 0 Å². The highest BCUT2D eigenvalue weighted by atomic mass is 35.5. The number of carbonyl (C=O) groups excluding carboxylic acids is 1. The minimum Gasteiger partial charge on any atom is -0.338 e. The average molecular weight is 301 g/mol. The molecule has 1 heterocycles. The van der Waals surface area contributed by atoms with Gasteiger partial charge in [-0.2, -0.15) is 11.8 Å². The summed E-state index contributed by atoms with van der Waals surface area (Å²) in [6.07, 6.45) is 0.918. The number of thioether (sulfide) groups is 1. The van der Waals surface area contributed by atoms with E-state index in [2.05, 4.69) is 0 Å². The van der Waals surface area contributed by atoms with Gasteiger partial charge in [0.1, 0.15) is 5.56 Å². The molecule has 0 aliphatic carbocycles. The number of amides is 1. The van der Waals surface area contributed by atoms with Crippen LogP contribution in [-0.2, 0) is 0 Å². The molecule has 2 rings (SSSR count). The number of hydrogen-bond donors (Lipinski definition) is 0. The predicted molar refractivity (Wildman–Crippen MR) is 75.9 cm³/mol. The second-order valence-corrected chi connectivity index (χ2v) is 5.94. The molecule has 1 fully saturated rings. The minimum absolute atomic E-state index is 0.0527. The Morgan fingerprint density at radius 1 is 1.58 bits per heavy atom. The third kappa shape index (κ3) is 3.01. The number of nitro groups is 1. The van der Waals surface area contributed by atoms with Crippen molar-refractivity contribution in [1.82, 2.24) is 4.90 Å². The lowest BCUT2D eigenvalue weighted by atomic mass is 10.1. The van der Waals surface area contributed by atoms with Gasteiger partial charge in [-0.1, -0.05) is 11.6 Å². The Bertz CT molecular complexity index is 518. The maximum absolute atomic E-state index is 12.4. The molecule has 0 bridgehead atoms. The summed E-state index contributed by atoms with van der Waals surface area (Å²) in [4.78, 5) is 24.4. The van der Waals surface area contributed by atoms with Gasteiger partial charge in [-0.25, -0.2) is 0 Å². The Morgan fingerprint density at radius 2 is 2.32 bits per heavy atom. The number of halogens is 1. The summed E-state index contributed by atoms with van der Waals surface area (Å²) in [6, 6.07) is 4.19. The van der Waals surface area contributed by atoms with E-state index in [-0.39, 0.29) is 23.2 Å². The number of nitrogens with zero attached hydrogens (tertiary/aromatic N) is 2. The zero-order valence-corrected chi connectivity index (χ0v) is 11.9. The molecule has 1 aromatic rings. The minimum atomic E-state index is -0.555. The topological polar surface area (TPSA) is 63.5 Å². The molecule has 1 aliphatic heterocycles. The molecule has 1 aliphatic rings. The lowest BCUT2D eigenvalue weighted by Crippen LogP contribution is -2.37. The van der Waals surface area contributed by atoms with Crippen molar-refractivity contribution in [3.8, 4) is 0 Å². The van der Waals surface area contributed by atoms with Crippen LogP contribution in [0.1, 0.15) is 16.8 Å². The van der Waals surface area contributed by atoms with Gasteiger partial charge in [0.15, 0.2) is 0 Å². The largest absolute Gasteiger partial charge is 0.338 e. The Balaban J connectivity index is 2.31. The lowest BCUT2D eigenvalue weighted by molar-refractivity contribution is -0.385. The molecule has 1 aromatic carbocycles. The van der Waals surface area contributed by atoms with E-state index < -0.39 is 4.92 Å². The molecule has 5 nitrogen and oxygen atoms in total. The molecule has 1 unspecified atom stereocenters. The van der Waals surface area contributed by atoms with Crippen LogP contribution in [0.5, 0.6) is 0 Å². The Kier molecular flexibility index (Phi) is 4.31. The molecule has 1 atom stereocenters. The summed E-state index contributed by atoms with van der Waals surface area (Å²) in [6.45, 7) is 0. The molecule has 7 heteroatoms. The van der Waals surface area contributed by atoms with E-state index >= 15 is 0 Å². The summed E-state index contributed by atoms with van der Waals surface area (Å²) in [5.41, 5.74) is -0.149. The van der Waals surface area contributed by atoms with E-state index in [0.717, 1.165) is 17.9 Å². The van der Waals surface area contributed by atoms with Gasteiger partial charge in [0.05, 0.1) is 4.92 Å². The van der Waals surface area contributed by atoms with Crippen LogP contribution in [0.25, 0.3) is 0 Å². The summed E-state index contributed by atoms with van der Waals surface area (Å²) < 4.78 is 0. The zero-order chi connectivity index (χ0) is 14.0. The van der Waals surface area contributed by atoms with Gasteiger partial charge in [0.25, 0.3) is 11.6 Å². The molecule has 0 saturated carbocycles. The molecular formula is C12H13ClN2O3S. The molecule has 0 N–H and O–H groups in total. The SMILES string of the molecule is CN(C(=O)c1cc(Cl)ccc1[N+](=O)[O-])C1CCSC1. The highest BCUT2D eigenvalue weighted by Gasteiger charge is 2.29. The van der Waals surface area contributed by atoms with Gasteiger partial charge in [0, 0.05) is 29.9 Å². The normalized spacial score (nSPS) is 18.3. The second kappa shape index (κ2) is 5.79. The van der Waals surface area contributed by atoms with Crippen molar-refractivity contribution in [1.29, 1.82) is 0 Å². The Labute approximate surface area is 120 Å². The van der Waals surface area contributed by atoms with Crippen LogP contribution in [0.3, 0.4) is 0 Å². The quantitative estimate of drug-likeness (QED) is 0.636. The van der Waals surface area contributed by atoms with Crippen molar-refractivity contribution in [2.75, 3.05) is 18.6 Å². The standard InChI is InChI=1S/C12H13ClN2O3S/c1-14(9-4-5-19-7-9)12(16)10-6-8(13)2-3-11(10)15(17)18/h2-3,6,9H,4-5,7H2,1H3. The van der Waals surface area contributed by atoms with Crippen LogP contribution in [0, 0.1) is 10.1 Å². The molecule has 1 saturated heterocycles. The van der Waals surface area contributed by atoms with Crippen LogP contribution in [-0.4, -0.2) is 40.3 Å². The van der Waals surface area contributed by atoms with Crippen molar-refractivity contribution in [2.45, 2.75) is 12.5 Å². The van der Waals surface area contributed by atoms with Crippen LogP contribution in [0.15, 0.2) is 18.2 Å². The predicted octanol–water partition coefficient (Wildman–Crippen LogP) is 2.83. The van der Waals surface area contributed by atoms with Crippen LogP contribution < -0.4 is 0 Å². The maximum atomic E-state index is 12.4. The average Bonchev–Trinajstić information content (AvgIpc) is 2.90. The Hall–Kier alpha value is -1.27. The highest BCUT2D eigenvalue weighted by Crippen LogP contribution is 2.27. The third-order valence-corrected chi connectivity index (χ3v) is 4.54. The smallest absolute Gasteiger partial charge is 0.282 e. The van der Waals surface area contributed by atoms with E-state index in [9.17, 15) is 14.9 Å². The number of nitro benzene ring substituents is 1. The van der Waals surface area contributed by atoms with Gasteiger partial charge >= 0.3 is 0 Å². The number of benzene rings is 1. The molecule has 0 spiro atoms. The first kappa shape index (κ1) is 14.1. The van der Waals surface area contributed by atoms with Gasteiger partial charge in [-0.15, -0.1) is 0 Å². The number of carbonyl (C=O) groups is 1. The second-order valence-electron chi connectivity index (χ2n) is 4.35. The summed E-state index contributed by atoms with van der Waals surface area (Å²) in [5, 5.41) is 11.3. The fourth-order valence-electron chi connectivity index (χ4n) is 2.02. The van der Waals surface area contributed by atoms with Gasteiger partial charge in [0.2, 0.25) is 0 Å². The molecule has 0 radical (unpaired) electrons. The fraction of sp³-hybridized carbons (Fsp3) is 0.417. The van der Waals surface area contributed by atoms with Gasteiger partial charge < -0.3 is 4.90 Å². The van der Waals surface area contributed by atoms with E-state index in [1.54, 1.807) is 23.7 Å². The van der Waals surface area contributed by atoms with Crippen molar-refractivity contribution >= 4 is 35.0 Å². The zero-order valence-electron chi connectivity index (χ0n) is 10.3. The monoisotopic (exact) mass is 300 g/mol. The van der Waals surface area contributed by atoms with E-state index in [0.29, 0.717) is 5.02 Å². The van der Waals surface area contributed by atoms with E-state index in [1.165, 1.54) is 18.2 Å². The summed E-state index contributed by atoms with van der Waals surface area (Å²) in [5.74, 6) is 1.54. The molecule has 1 amide bonds. The van der Waals surface area contributed by atoms with E-state index in [4.69, 9.17) is 11.6 Å². The van der Waals surface area contributed by atoms with Crippen molar-refractivity contribution in [2.24, 2.45) is 0 Å². The van der Waals surface area contributed by atoms with Crippen molar-refractivity contribution < 1.29 is 9.72 Å². The van der Waals surface area contributed by atoms with E-state index in [1.807, 2.05) is 0 Å². The van der Waals surface area contributed by atoms with Crippen molar-refractivity contribution in [3.05, 3.63) is 38.9 Å². The molecular weight excluding hydrogens is 288 g/mol. The molecule has 19 heavy (non-hydrogen) atoms. The third-order valence-electron chi connectivity index (χ3n) is 3.16. The van der Waals surface area contributed by atoms with Gasteiger partial charge in [-0.05, 0) is 24.3 Å². The molecule has 0 aromatic heterocycles. The van der Waals surface area contributed by atoms with Crippen LogP contribution in [0.2, 0.25) is 5.02 Å². The lowest BCUT2D eigenvalue weighted by Gasteiger charge is -2.23. The fourth-order valence-corrected chi connectivity index (χ4v) is 3.46. The van der Waals surface area contributed by atoms with Gasteiger partial charge in [-0.3, -0.25) is 14.9 Å². The molecule has 102 valence electrons. The first-order chi connectivity index (χ1) is 9.00. The first-order valence-corrected chi connectivity index (χ1v) is 7.33. The number of hydrogen-bond acceptors (Lipinski definition) is 4. The first-order valence-electron chi connectivity index (χ1n) is 5.79. The van der Waals surface area contributed by atoms with Crippen LogP contribution >= 0.6 is 23.4 Å². The maximum Gasteiger partial charge on any atom is 0.282 e. The van der Waals surface area contributed by atoms with Crippen LogP contribution in [0.4, 0.5) is 5.69 Å². The summed E-state index contributed by atoms with van der Waals surface area (Å²) in [7, 11) is 1.68. The number of rotatable bonds is 3. The highest BCUT2D eigenvalue weighted by molar-refractivity contribution is 7.99. The summed E-state index contributed by atoms with van der Waals surface area (Å²) >= 11 is 7.62. The Morgan fingerprint density at radius 3 is 2.89 bits per heavy atom.